The second kappa shape index (κ2) is 6.91. The molecule has 2 heterocycles. The van der Waals surface area contributed by atoms with Gasteiger partial charge in [0, 0.05) is 28.1 Å². The normalized spacial score (nSPS) is 15.5. The standard InChI is InChI=1S/C14H14S4.C2H6/c1-7(2)13-15-9-5-11-12(6-10(9)16-13)18-14(17-11)8(3)4;1-2/h5-6H,1-4H3;1-2H3. The number of hydrogen-bond acceptors (Lipinski definition) is 4. The molecule has 2 aliphatic rings. The molecule has 3 rings (SSSR count). The molecule has 0 nitrogen and oxygen atoms in total. The van der Waals surface area contributed by atoms with Crippen molar-refractivity contribution in [3.05, 3.63) is 31.8 Å². The zero-order chi connectivity index (χ0) is 14.9. The van der Waals surface area contributed by atoms with Crippen molar-refractivity contribution in [3.8, 4) is 0 Å². The first-order valence-electron chi connectivity index (χ1n) is 6.79. The average molecular weight is 341 g/mol. The molecule has 108 valence electrons. The third kappa shape index (κ3) is 3.29. The van der Waals surface area contributed by atoms with E-state index >= 15 is 0 Å². The summed E-state index contributed by atoms with van der Waals surface area (Å²) >= 11 is 7.70. The zero-order valence-corrected chi connectivity index (χ0v) is 16.1. The Hall–Kier alpha value is 0.1000. The molecule has 20 heavy (non-hydrogen) atoms. The van der Waals surface area contributed by atoms with Crippen molar-refractivity contribution < 1.29 is 0 Å². The quantitative estimate of drug-likeness (QED) is 0.476. The first-order valence-corrected chi connectivity index (χ1v) is 10.1. The summed E-state index contributed by atoms with van der Waals surface area (Å²) in [4.78, 5) is 5.72. The second-order valence-corrected chi connectivity index (χ2v) is 9.45. The van der Waals surface area contributed by atoms with Gasteiger partial charge in [0.25, 0.3) is 0 Å². The van der Waals surface area contributed by atoms with Crippen LogP contribution in [0.5, 0.6) is 0 Å². The molecule has 1 aromatic carbocycles. The van der Waals surface area contributed by atoms with Gasteiger partial charge in [0.2, 0.25) is 0 Å². The molecule has 2 aliphatic heterocycles. The van der Waals surface area contributed by atoms with Crippen molar-refractivity contribution >= 4 is 47.0 Å². The van der Waals surface area contributed by atoms with Crippen molar-refractivity contribution in [2.24, 2.45) is 0 Å². The number of thioether (sulfide) groups is 4. The van der Waals surface area contributed by atoms with Gasteiger partial charge in [0.1, 0.15) is 0 Å². The van der Waals surface area contributed by atoms with Crippen molar-refractivity contribution in [1.29, 1.82) is 0 Å². The van der Waals surface area contributed by atoms with Gasteiger partial charge in [-0.1, -0.05) is 72.0 Å². The average Bonchev–Trinajstić information content (AvgIpc) is 3.00. The molecule has 4 heteroatoms. The third-order valence-electron chi connectivity index (χ3n) is 2.64. The number of hydrogen-bond donors (Lipinski definition) is 0. The molecule has 0 fully saturated rings. The lowest BCUT2D eigenvalue weighted by Crippen LogP contribution is -1.74. The SMILES string of the molecule is CC.CC(C)=C1Sc2cc3c(cc2S1)SC(=C(C)C)S3. The van der Waals surface area contributed by atoms with Gasteiger partial charge in [0.05, 0.1) is 0 Å². The maximum atomic E-state index is 2.37. The van der Waals surface area contributed by atoms with E-state index in [4.69, 9.17) is 0 Å². The largest absolute Gasteiger partial charge is 0.0816 e. The number of rotatable bonds is 0. The fourth-order valence-corrected chi connectivity index (χ4v) is 6.71. The Kier molecular flexibility index (Phi) is 5.69. The van der Waals surface area contributed by atoms with Gasteiger partial charge in [-0.2, -0.15) is 0 Å². The molecule has 0 atom stereocenters. The zero-order valence-electron chi connectivity index (χ0n) is 12.8. The Morgan fingerprint density at radius 3 is 1.05 bits per heavy atom. The molecule has 0 saturated heterocycles. The predicted molar refractivity (Wildman–Crippen MR) is 98.0 cm³/mol. The molecule has 0 unspecified atom stereocenters. The topological polar surface area (TPSA) is 0 Å². The van der Waals surface area contributed by atoms with Gasteiger partial charge in [-0.15, -0.1) is 0 Å². The highest BCUT2D eigenvalue weighted by atomic mass is 32.2. The summed E-state index contributed by atoms with van der Waals surface area (Å²) in [7, 11) is 0. The fourth-order valence-electron chi connectivity index (χ4n) is 1.69. The van der Waals surface area contributed by atoms with Crippen LogP contribution < -0.4 is 0 Å². The monoisotopic (exact) mass is 340 g/mol. The maximum Gasteiger partial charge on any atom is 0.0486 e. The number of allylic oxidation sites excluding steroid dienone is 2. The fraction of sp³-hybridized carbons (Fsp3) is 0.375. The van der Waals surface area contributed by atoms with E-state index in [1.165, 1.54) is 39.2 Å². The van der Waals surface area contributed by atoms with E-state index in [0.29, 0.717) is 0 Å². The molecule has 0 radical (unpaired) electrons. The van der Waals surface area contributed by atoms with Crippen LogP contribution in [-0.2, 0) is 0 Å². The minimum absolute atomic E-state index is 1.42. The summed E-state index contributed by atoms with van der Waals surface area (Å²) in [5.41, 5.74) is 2.85. The molecule has 0 N–H and O–H groups in total. The van der Waals surface area contributed by atoms with E-state index < -0.39 is 0 Å². The van der Waals surface area contributed by atoms with Crippen LogP contribution in [0.25, 0.3) is 0 Å². The molecule has 1 aromatic rings. The number of fused-ring (bicyclic) bond motifs is 2. The minimum Gasteiger partial charge on any atom is -0.0816 e. The smallest absolute Gasteiger partial charge is 0.0486 e. The van der Waals surface area contributed by atoms with E-state index in [2.05, 4.69) is 39.8 Å². The van der Waals surface area contributed by atoms with Crippen LogP contribution in [0.2, 0.25) is 0 Å². The van der Waals surface area contributed by atoms with E-state index in [0.717, 1.165) is 0 Å². The number of benzene rings is 1. The summed E-state index contributed by atoms with van der Waals surface area (Å²) in [6.45, 7) is 12.8. The van der Waals surface area contributed by atoms with Crippen LogP contribution in [0.4, 0.5) is 0 Å². The summed E-state index contributed by atoms with van der Waals surface area (Å²) in [6, 6.07) is 4.73. The van der Waals surface area contributed by atoms with Crippen LogP contribution in [0.3, 0.4) is 0 Å². The van der Waals surface area contributed by atoms with Crippen LogP contribution >= 0.6 is 47.0 Å². The van der Waals surface area contributed by atoms with Crippen LogP contribution in [-0.4, -0.2) is 0 Å². The lowest BCUT2D eigenvalue weighted by Gasteiger charge is -1.99. The Balaban J connectivity index is 0.000000704. The summed E-state index contributed by atoms with van der Waals surface area (Å²) < 4.78 is 2.90. The first-order chi connectivity index (χ1) is 9.54. The highest BCUT2D eigenvalue weighted by Crippen LogP contribution is 2.59. The second-order valence-electron chi connectivity index (χ2n) is 4.73. The summed E-state index contributed by atoms with van der Waals surface area (Å²) in [6.07, 6.45) is 0. The minimum atomic E-state index is 1.42. The summed E-state index contributed by atoms with van der Waals surface area (Å²) in [5, 5.41) is 0. The Bertz CT molecular complexity index is 500. The third-order valence-corrected chi connectivity index (χ3v) is 8.50. The molecule has 0 bridgehead atoms. The molecule has 0 amide bonds. The van der Waals surface area contributed by atoms with Crippen molar-refractivity contribution in [2.75, 3.05) is 0 Å². The Morgan fingerprint density at radius 1 is 0.600 bits per heavy atom. The Morgan fingerprint density at radius 2 is 0.850 bits per heavy atom. The first kappa shape index (κ1) is 16.5. The highest BCUT2D eigenvalue weighted by Gasteiger charge is 2.25. The van der Waals surface area contributed by atoms with Gasteiger partial charge in [0.15, 0.2) is 0 Å². The summed E-state index contributed by atoms with van der Waals surface area (Å²) in [5.74, 6) is 0. The molecular formula is C16H20S4. The van der Waals surface area contributed by atoms with E-state index in [1.54, 1.807) is 0 Å². The predicted octanol–water partition coefficient (Wildman–Crippen LogP) is 7.61. The van der Waals surface area contributed by atoms with E-state index in [9.17, 15) is 0 Å². The van der Waals surface area contributed by atoms with Crippen LogP contribution in [0.15, 0.2) is 51.3 Å². The van der Waals surface area contributed by atoms with E-state index in [1.807, 2.05) is 60.9 Å². The lowest BCUT2D eigenvalue weighted by atomic mass is 10.3. The van der Waals surface area contributed by atoms with E-state index in [-0.39, 0.29) is 0 Å². The Labute approximate surface area is 139 Å². The lowest BCUT2D eigenvalue weighted by molar-refractivity contribution is 1.11. The van der Waals surface area contributed by atoms with Gasteiger partial charge < -0.3 is 0 Å². The molecule has 0 saturated carbocycles. The van der Waals surface area contributed by atoms with Gasteiger partial charge in [-0.3, -0.25) is 0 Å². The van der Waals surface area contributed by atoms with Gasteiger partial charge >= 0.3 is 0 Å². The van der Waals surface area contributed by atoms with Crippen LogP contribution in [0, 0.1) is 0 Å². The highest BCUT2D eigenvalue weighted by molar-refractivity contribution is 8.25. The molecule has 0 aliphatic carbocycles. The maximum absolute atomic E-state index is 2.37. The molecule has 0 spiro atoms. The van der Waals surface area contributed by atoms with Crippen molar-refractivity contribution in [2.45, 2.75) is 61.1 Å². The van der Waals surface area contributed by atoms with Crippen molar-refractivity contribution in [1.82, 2.24) is 0 Å². The molecular weight excluding hydrogens is 320 g/mol. The van der Waals surface area contributed by atoms with Gasteiger partial charge in [-0.05, 0) is 39.8 Å². The molecule has 0 aromatic heterocycles. The van der Waals surface area contributed by atoms with Gasteiger partial charge in [-0.25, -0.2) is 0 Å². The van der Waals surface area contributed by atoms with Crippen molar-refractivity contribution in [3.63, 3.8) is 0 Å². The van der Waals surface area contributed by atoms with Crippen LogP contribution in [0.1, 0.15) is 41.5 Å².